The second kappa shape index (κ2) is 9.48. The van der Waals surface area contributed by atoms with Crippen molar-refractivity contribution in [3.63, 3.8) is 0 Å². The Morgan fingerprint density at radius 3 is 2.03 bits per heavy atom. The highest BCUT2D eigenvalue weighted by Crippen LogP contribution is 2.44. The molecule has 0 aromatic heterocycles. The van der Waals surface area contributed by atoms with Crippen molar-refractivity contribution in [3.8, 4) is 17.6 Å². The first-order valence-corrected chi connectivity index (χ1v) is 10.3. The van der Waals surface area contributed by atoms with Gasteiger partial charge in [-0.2, -0.15) is 31.6 Å². The third kappa shape index (κ3) is 5.17. The summed E-state index contributed by atoms with van der Waals surface area (Å²) in [6.45, 7) is -0.411. The topological polar surface area (TPSA) is 62.6 Å². The number of amides is 1. The molecule has 1 aliphatic rings. The van der Waals surface area contributed by atoms with Crippen LogP contribution in [0.15, 0.2) is 36.4 Å². The van der Waals surface area contributed by atoms with Gasteiger partial charge in [-0.1, -0.05) is 12.1 Å². The molecule has 1 fully saturated rings. The fraction of sp³-hybridized carbons (Fsp3) is 0.391. The lowest BCUT2D eigenvalue weighted by atomic mass is 9.87. The Balaban J connectivity index is 1.85. The fourth-order valence-electron chi connectivity index (χ4n) is 3.57. The van der Waals surface area contributed by atoms with Gasteiger partial charge in [-0.3, -0.25) is 4.79 Å². The van der Waals surface area contributed by atoms with Crippen molar-refractivity contribution < 1.29 is 49.4 Å². The lowest BCUT2D eigenvalue weighted by Gasteiger charge is -2.43. The molecule has 5 nitrogen and oxygen atoms in total. The number of ether oxygens (including phenoxy) is 2. The summed E-state index contributed by atoms with van der Waals surface area (Å²) in [5.74, 6) is -7.01. The van der Waals surface area contributed by atoms with E-state index in [1.165, 1.54) is 0 Å². The maximum atomic E-state index is 14.9. The molecule has 2 aromatic rings. The summed E-state index contributed by atoms with van der Waals surface area (Å²) in [6.07, 6.45) is -11.8. The number of nitrogens with zero attached hydrogens (tertiary/aromatic N) is 2. The number of halogens is 8. The monoisotopic (exact) mass is 522 g/mol. The summed E-state index contributed by atoms with van der Waals surface area (Å²) >= 11 is 0. The van der Waals surface area contributed by atoms with Crippen LogP contribution in [-0.2, 0) is 12.1 Å². The van der Waals surface area contributed by atoms with Gasteiger partial charge in [0.2, 0.25) is 0 Å². The van der Waals surface area contributed by atoms with Crippen LogP contribution in [0.5, 0.6) is 11.5 Å². The molecule has 0 bridgehead atoms. The average molecular weight is 522 g/mol. The summed E-state index contributed by atoms with van der Waals surface area (Å²) in [7, 11) is 1.07. The van der Waals surface area contributed by atoms with Crippen molar-refractivity contribution in [2.45, 2.75) is 31.3 Å². The van der Waals surface area contributed by atoms with Crippen LogP contribution in [0.3, 0.4) is 0 Å². The standard InChI is InChI=1S/C23H18F8N2O3/c1-12(22(26,27)28)36-17-8-3-13(9-32)19(35-2)18(17)20(34)33-10-16(11-33)21(24,25)14-4-6-15(7-5-14)23(29,30)31/h3-8,12,16H,10-11H2,1-2H3/t12-/m0/s1. The van der Waals surface area contributed by atoms with Gasteiger partial charge in [0.05, 0.1) is 24.2 Å². The Labute approximate surface area is 199 Å². The molecule has 0 saturated carbocycles. The van der Waals surface area contributed by atoms with E-state index in [0.29, 0.717) is 31.2 Å². The first-order chi connectivity index (χ1) is 16.6. The lowest BCUT2D eigenvalue weighted by molar-refractivity contribution is -0.189. The number of alkyl halides is 8. The minimum absolute atomic E-state index is 0.194. The molecule has 1 aliphatic heterocycles. The molecule has 0 N–H and O–H groups in total. The normalized spacial score (nSPS) is 15.6. The molecule has 13 heteroatoms. The molecule has 36 heavy (non-hydrogen) atoms. The van der Waals surface area contributed by atoms with Crippen molar-refractivity contribution in [2.24, 2.45) is 5.92 Å². The zero-order valence-electron chi connectivity index (χ0n) is 18.7. The van der Waals surface area contributed by atoms with Crippen LogP contribution in [-0.4, -0.2) is 43.3 Å². The smallest absolute Gasteiger partial charge is 0.425 e. The van der Waals surface area contributed by atoms with Crippen LogP contribution in [0.4, 0.5) is 35.1 Å². The number of carbonyl (C=O) groups excluding carboxylic acids is 1. The molecule has 1 amide bonds. The number of rotatable bonds is 6. The molecule has 194 valence electrons. The van der Waals surface area contributed by atoms with Crippen molar-refractivity contribution in [2.75, 3.05) is 20.2 Å². The lowest BCUT2D eigenvalue weighted by Crippen LogP contribution is -2.55. The molecule has 1 atom stereocenters. The number of methoxy groups -OCH3 is 1. The molecule has 0 radical (unpaired) electrons. The Morgan fingerprint density at radius 1 is 1.00 bits per heavy atom. The van der Waals surface area contributed by atoms with Gasteiger partial charge in [0.25, 0.3) is 11.8 Å². The Bertz CT molecular complexity index is 1160. The van der Waals surface area contributed by atoms with Crippen molar-refractivity contribution >= 4 is 5.91 Å². The molecule has 2 aromatic carbocycles. The quantitative estimate of drug-likeness (QED) is 0.452. The molecule has 1 heterocycles. The van der Waals surface area contributed by atoms with Crippen LogP contribution < -0.4 is 9.47 Å². The van der Waals surface area contributed by atoms with Crippen LogP contribution in [0.25, 0.3) is 0 Å². The first-order valence-electron chi connectivity index (χ1n) is 10.3. The zero-order chi connectivity index (χ0) is 27.1. The van der Waals surface area contributed by atoms with Gasteiger partial charge in [0, 0.05) is 18.7 Å². The van der Waals surface area contributed by atoms with E-state index in [1.807, 2.05) is 0 Å². The number of carbonyl (C=O) groups is 1. The number of nitriles is 1. The van der Waals surface area contributed by atoms with E-state index in [1.54, 1.807) is 6.07 Å². The van der Waals surface area contributed by atoms with E-state index in [2.05, 4.69) is 0 Å². The van der Waals surface area contributed by atoms with Crippen molar-refractivity contribution in [1.82, 2.24) is 4.90 Å². The van der Waals surface area contributed by atoms with Crippen molar-refractivity contribution in [3.05, 3.63) is 58.7 Å². The third-order valence-corrected chi connectivity index (χ3v) is 5.70. The van der Waals surface area contributed by atoms with Gasteiger partial charge in [-0.25, -0.2) is 8.78 Å². The highest BCUT2D eigenvalue weighted by Gasteiger charge is 2.50. The predicted molar refractivity (Wildman–Crippen MR) is 109 cm³/mol. The van der Waals surface area contributed by atoms with Gasteiger partial charge in [0.1, 0.15) is 17.4 Å². The van der Waals surface area contributed by atoms with E-state index in [4.69, 9.17) is 9.47 Å². The Hall–Kier alpha value is -3.56. The summed E-state index contributed by atoms with van der Waals surface area (Å²) in [5.41, 5.74) is -2.51. The largest absolute Gasteiger partial charge is 0.494 e. The number of hydrogen-bond donors (Lipinski definition) is 0. The summed E-state index contributed by atoms with van der Waals surface area (Å²) in [6, 6.07) is 6.13. The van der Waals surface area contributed by atoms with Crippen LogP contribution in [0, 0.1) is 17.2 Å². The van der Waals surface area contributed by atoms with Crippen molar-refractivity contribution in [1.29, 1.82) is 5.26 Å². The van der Waals surface area contributed by atoms with Crippen LogP contribution in [0.1, 0.15) is 34.0 Å². The second-order valence-electron chi connectivity index (χ2n) is 8.04. The minimum Gasteiger partial charge on any atom is -0.494 e. The maximum absolute atomic E-state index is 14.9. The molecule has 3 rings (SSSR count). The van der Waals surface area contributed by atoms with E-state index in [9.17, 15) is 45.2 Å². The first kappa shape index (κ1) is 27.0. The number of likely N-dealkylation sites (tertiary alicyclic amines) is 1. The molecule has 0 aliphatic carbocycles. The molecule has 0 unspecified atom stereocenters. The molecule has 0 spiro atoms. The maximum Gasteiger partial charge on any atom is 0.425 e. The Kier molecular flexibility index (Phi) is 7.12. The number of benzene rings is 2. The summed E-state index contributed by atoms with van der Waals surface area (Å²) < 4.78 is 117. The van der Waals surface area contributed by atoms with E-state index < -0.39 is 71.7 Å². The van der Waals surface area contributed by atoms with Gasteiger partial charge in [-0.15, -0.1) is 0 Å². The zero-order valence-corrected chi connectivity index (χ0v) is 18.7. The second-order valence-corrected chi connectivity index (χ2v) is 8.04. The highest BCUT2D eigenvalue weighted by molar-refractivity contribution is 6.01. The van der Waals surface area contributed by atoms with Crippen LogP contribution >= 0.6 is 0 Å². The van der Waals surface area contributed by atoms with Gasteiger partial charge in [-0.05, 0) is 31.2 Å². The molecule has 1 saturated heterocycles. The van der Waals surface area contributed by atoms with Gasteiger partial charge in [0.15, 0.2) is 11.9 Å². The highest BCUT2D eigenvalue weighted by atomic mass is 19.4. The summed E-state index contributed by atoms with van der Waals surface area (Å²) in [4.78, 5) is 14.0. The molecular weight excluding hydrogens is 504 g/mol. The molecular formula is C23H18F8N2O3. The predicted octanol–water partition coefficient (Wildman–Crippen LogP) is 5.78. The van der Waals surface area contributed by atoms with E-state index >= 15 is 0 Å². The van der Waals surface area contributed by atoms with Crippen LogP contribution in [0.2, 0.25) is 0 Å². The minimum atomic E-state index is -4.78. The Morgan fingerprint density at radius 2 is 1.56 bits per heavy atom. The van der Waals surface area contributed by atoms with E-state index in [-0.39, 0.29) is 11.3 Å². The third-order valence-electron chi connectivity index (χ3n) is 5.70. The van der Waals surface area contributed by atoms with Gasteiger partial charge >= 0.3 is 12.4 Å². The average Bonchev–Trinajstić information content (AvgIpc) is 2.76. The SMILES string of the molecule is COc1c(C#N)ccc(O[C@@H](C)C(F)(F)F)c1C(=O)N1CC(C(F)(F)c2ccc(C(F)(F)F)cc2)C1. The summed E-state index contributed by atoms with van der Waals surface area (Å²) in [5, 5.41) is 9.27. The number of hydrogen-bond acceptors (Lipinski definition) is 4. The van der Waals surface area contributed by atoms with Gasteiger partial charge < -0.3 is 14.4 Å². The van der Waals surface area contributed by atoms with E-state index in [0.717, 1.165) is 24.1 Å². The fourth-order valence-corrected chi connectivity index (χ4v) is 3.57.